The zero-order valence-corrected chi connectivity index (χ0v) is 12.1. The monoisotopic (exact) mass is 261 g/mol. The molecule has 1 N–H and O–H groups in total. The SMILES string of the molecule is Cc1[nH]c(=O)ccc1/C=C/B1OC(C)(C)C(C)(C)O1. The van der Waals surface area contributed by atoms with E-state index in [1.165, 1.54) is 6.07 Å². The van der Waals surface area contributed by atoms with Crippen LogP contribution < -0.4 is 5.56 Å². The Morgan fingerprint density at radius 1 is 1.16 bits per heavy atom. The maximum Gasteiger partial charge on any atom is 0.487 e. The fourth-order valence-corrected chi connectivity index (χ4v) is 1.92. The number of pyridine rings is 1. The Morgan fingerprint density at radius 3 is 2.26 bits per heavy atom. The first-order chi connectivity index (χ1) is 8.71. The molecule has 5 heteroatoms. The zero-order valence-electron chi connectivity index (χ0n) is 12.1. The molecule has 1 aliphatic rings. The molecule has 4 nitrogen and oxygen atoms in total. The van der Waals surface area contributed by atoms with Crippen LogP contribution >= 0.6 is 0 Å². The molecule has 19 heavy (non-hydrogen) atoms. The van der Waals surface area contributed by atoms with Crippen LogP contribution in [-0.2, 0) is 9.31 Å². The van der Waals surface area contributed by atoms with E-state index in [9.17, 15) is 4.79 Å². The lowest BCUT2D eigenvalue weighted by Crippen LogP contribution is -2.41. The minimum absolute atomic E-state index is 0.0923. The number of H-pyrrole nitrogens is 1. The van der Waals surface area contributed by atoms with Gasteiger partial charge in [0.05, 0.1) is 11.2 Å². The smallest absolute Gasteiger partial charge is 0.400 e. The Bertz CT molecular complexity index is 544. The van der Waals surface area contributed by atoms with Gasteiger partial charge in [-0.25, -0.2) is 0 Å². The number of aromatic nitrogens is 1. The van der Waals surface area contributed by atoms with Crippen molar-refractivity contribution in [1.29, 1.82) is 0 Å². The Kier molecular flexibility index (Phi) is 3.45. The van der Waals surface area contributed by atoms with E-state index >= 15 is 0 Å². The highest BCUT2D eigenvalue weighted by molar-refractivity contribution is 6.52. The molecule has 0 unspecified atom stereocenters. The molecule has 0 bridgehead atoms. The van der Waals surface area contributed by atoms with E-state index in [2.05, 4.69) is 4.98 Å². The van der Waals surface area contributed by atoms with Gasteiger partial charge < -0.3 is 14.3 Å². The minimum atomic E-state index is -0.365. The molecule has 0 saturated carbocycles. The molecule has 0 amide bonds. The van der Waals surface area contributed by atoms with Gasteiger partial charge in [0.25, 0.3) is 0 Å². The summed E-state index contributed by atoms with van der Waals surface area (Å²) in [4.78, 5) is 13.9. The lowest BCUT2D eigenvalue weighted by atomic mass is 9.89. The van der Waals surface area contributed by atoms with Crippen molar-refractivity contribution in [2.75, 3.05) is 0 Å². The summed E-state index contributed by atoms with van der Waals surface area (Å²) in [5.74, 6) is 1.87. The highest BCUT2D eigenvalue weighted by Gasteiger charge is 2.49. The van der Waals surface area contributed by atoms with Gasteiger partial charge >= 0.3 is 7.12 Å². The second-order valence-electron chi connectivity index (χ2n) is 5.89. The second kappa shape index (κ2) is 4.65. The van der Waals surface area contributed by atoms with Crippen LogP contribution in [0.2, 0.25) is 0 Å². The number of rotatable bonds is 2. The van der Waals surface area contributed by atoms with Gasteiger partial charge in [0.2, 0.25) is 5.56 Å². The Hall–Kier alpha value is -1.33. The van der Waals surface area contributed by atoms with E-state index in [1.807, 2.05) is 46.7 Å². The maximum atomic E-state index is 11.1. The molecule has 1 fully saturated rings. The standard InChI is InChI=1S/C14H20BNO3/c1-10-11(6-7-12(17)16-10)8-9-15-18-13(2,3)14(4,5)19-15/h6-9H,1-5H3,(H,16,17)/b9-8+. The summed E-state index contributed by atoms with van der Waals surface area (Å²) in [6, 6.07) is 3.30. The lowest BCUT2D eigenvalue weighted by molar-refractivity contribution is 0.00578. The summed E-state index contributed by atoms with van der Waals surface area (Å²) in [7, 11) is -0.365. The maximum absolute atomic E-state index is 11.1. The highest BCUT2D eigenvalue weighted by atomic mass is 16.7. The van der Waals surface area contributed by atoms with Gasteiger partial charge in [0.15, 0.2) is 0 Å². The Balaban J connectivity index is 2.15. The van der Waals surface area contributed by atoms with Crippen LogP contribution in [0.15, 0.2) is 22.9 Å². The van der Waals surface area contributed by atoms with Crippen molar-refractivity contribution >= 4 is 13.2 Å². The molecule has 1 aromatic rings. The van der Waals surface area contributed by atoms with Gasteiger partial charge in [0, 0.05) is 11.8 Å². The fourth-order valence-electron chi connectivity index (χ4n) is 1.92. The molecule has 0 aliphatic carbocycles. The zero-order chi connectivity index (χ0) is 14.3. The van der Waals surface area contributed by atoms with Gasteiger partial charge in [-0.2, -0.15) is 0 Å². The van der Waals surface area contributed by atoms with E-state index < -0.39 is 0 Å². The van der Waals surface area contributed by atoms with Crippen LogP contribution in [0.5, 0.6) is 0 Å². The number of hydrogen-bond acceptors (Lipinski definition) is 3. The van der Waals surface area contributed by atoms with Gasteiger partial charge in [-0.15, -0.1) is 0 Å². The van der Waals surface area contributed by atoms with Crippen molar-refractivity contribution in [2.45, 2.75) is 45.8 Å². The second-order valence-corrected chi connectivity index (χ2v) is 5.89. The van der Waals surface area contributed by atoms with Crippen molar-refractivity contribution in [1.82, 2.24) is 4.98 Å². The topological polar surface area (TPSA) is 51.3 Å². The minimum Gasteiger partial charge on any atom is -0.400 e. The molecule has 0 radical (unpaired) electrons. The highest BCUT2D eigenvalue weighted by Crippen LogP contribution is 2.36. The predicted molar refractivity (Wildman–Crippen MR) is 76.9 cm³/mol. The number of nitrogens with one attached hydrogen (secondary N) is 1. The van der Waals surface area contributed by atoms with Crippen molar-refractivity contribution in [3.63, 3.8) is 0 Å². The predicted octanol–water partition coefficient (Wildman–Crippen LogP) is 2.33. The molecule has 1 saturated heterocycles. The van der Waals surface area contributed by atoms with Crippen LogP contribution in [0.3, 0.4) is 0 Å². The van der Waals surface area contributed by atoms with Gasteiger partial charge in [0.1, 0.15) is 0 Å². The molecule has 102 valence electrons. The third-order valence-corrected chi connectivity index (χ3v) is 3.86. The molecule has 0 atom stereocenters. The van der Waals surface area contributed by atoms with Gasteiger partial charge in [-0.3, -0.25) is 4.79 Å². The van der Waals surface area contributed by atoms with Crippen LogP contribution in [-0.4, -0.2) is 23.3 Å². The Labute approximate surface area is 114 Å². The summed E-state index contributed by atoms with van der Waals surface area (Å²) in [5.41, 5.74) is 1.03. The van der Waals surface area contributed by atoms with Crippen LogP contribution in [0.1, 0.15) is 39.0 Å². The third kappa shape index (κ3) is 2.82. The average Bonchev–Trinajstić information content (AvgIpc) is 2.46. The van der Waals surface area contributed by atoms with E-state index in [0.717, 1.165) is 11.3 Å². The number of aromatic amines is 1. The summed E-state index contributed by atoms with van der Waals surface area (Å²) < 4.78 is 11.7. The largest absolute Gasteiger partial charge is 0.487 e. The van der Waals surface area contributed by atoms with E-state index in [4.69, 9.17) is 9.31 Å². The third-order valence-electron chi connectivity index (χ3n) is 3.86. The summed E-state index contributed by atoms with van der Waals surface area (Å²) in [6.45, 7) is 9.95. The van der Waals surface area contributed by atoms with Crippen LogP contribution in [0, 0.1) is 6.92 Å². The molecule has 1 aliphatic heterocycles. The van der Waals surface area contributed by atoms with Crippen molar-refractivity contribution in [3.05, 3.63) is 39.7 Å². The fraction of sp³-hybridized carbons (Fsp3) is 0.500. The Morgan fingerprint density at radius 2 is 1.74 bits per heavy atom. The molecule has 2 rings (SSSR count). The average molecular weight is 261 g/mol. The normalized spacial score (nSPS) is 21.2. The number of aryl methyl sites for hydroxylation is 1. The quantitative estimate of drug-likeness (QED) is 0.831. The van der Waals surface area contributed by atoms with Gasteiger partial charge in [-0.1, -0.05) is 12.1 Å². The van der Waals surface area contributed by atoms with E-state index in [0.29, 0.717) is 0 Å². The van der Waals surface area contributed by atoms with Crippen LogP contribution in [0.4, 0.5) is 0 Å². The summed E-state index contributed by atoms with van der Waals surface area (Å²) in [5, 5.41) is 0. The van der Waals surface area contributed by atoms with Crippen molar-refractivity contribution in [2.24, 2.45) is 0 Å². The lowest BCUT2D eigenvalue weighted by Gasteiger charge is -2.32. The van der Waals surface area contributed by atoms with Crippen molar-refractivity contribution < 1.29 is 9.31 Å². The molecule has 0 aromatic carbocycles. The van der Waals surface area contributed by atoms with Gasteiger partial charge in [-0.05, 0) is 46.2 Å². The number of hydrogen-bond donors (Lipinski definition) is 1. The molecule has 0 spiro atoms. The molecule has 2 heterocycles. The molecule has 1 aromatic heterocycles. The summed E-state index contributed by atoms with van der Waals surface area (Å²) in [6.07, 6.45) is 1.91. The first kappa shape index (κ1) is 14.1. The van der Waals surface area contributed by atoms with E-state index in [-0.39, 0.29) is 23.9 Å². The van der Waals surface area contributed by atoms with Crippen molar-refractivity contribution in [3.8, 4) is 0 Å². The first-order valence-corrected chi connectivity index (χ1v) is 6.45. The summed E-state index contributed by atoms with van der Waals surface area (Å²) >= 11 is 0. The van der Waals surface area contributed by atoms with E-state index in [1.54, 1.807) is 6.07 Å². The molecular formula is C14H20BNO3. The van der Waals surface area contributed by atoms with Crippen LogP contribution in [0.25, 0.3) is 6.08 Å². The first-order valence-electron chi connectivity index (χ1n) is 6.45. The molecular weight excluding hydrogens is 241 g/mol.